The first-order chi connectivity index (χ1) is 9.13. The van der Waals surface area contributed by atoms with E-state index in [2.05, 4.69) is 15.9 Å². The monoisotopic (exact) mass is 328 g/mol. The van der Waals surface area contributed by atoms with E-state index in [0.29, 0.717) is 24.5 Å². The third kappa shape index (κ3) is 6.40. The standard InChI is InChI=1S/C14H17BrO4/c1-2-7-18-8-9-19-13-5-4-12(15)10-11(13)3-6-14(16)17/h3-6,10H,2,7-9H2,1H3,(H,16,17)/b6-3+. The first kappa shape index (κ1) is 15.7. The summed E-state index contributed by atoms with van der Waals surface area (Å²) in [6, 6.07) is 5.45. The lowest BCUT2D eigenvalue weighted by Gasteiger charge is -2.10. The van der Waals surface area contributed by atoms with Crippen molar-refractivity contribution in [3.05, 3.63) is 34.3 Å². The van der Waals surface area contributed by atoms with Gasteiger partial charge < -0.3 is 14.6 Å². The molecule has 0 atom stereocenters. The van der Waals surface area contributed by atoms with E-state index in [1.165, 1.54) is 6.08 Å². The van der Waals surface area contributed by atoms with Crippen molar-refractivity contribution >= 4 is 28.0 Å². The molecule has 4 nitrogen and oxygen atoms in total. The van der Waals surface area contributed by atoms with Crippen molar-refractivity contribution in [1.82, 2.24) is 0 Å². The Morgan fingerprint density at radius 3 is 2.84 bits per heavy atom. The molecule has 1 aromatic carbocycles. The molecule has 0 bridgehead atoms. The Kier molecular flexibility index (Phi) is 7.22. The number of carbonyl (C=O) groups is 1. The minimum Gasteiger partial charge on any atom is -0.491 e. The van der Waals surface area contributed by atoms with E-state index >= 15 is 0 Å². The molecule has 0 aromatic heterocycles. The van der Waals surface area contributed by atoms with Gasteiger partial charge in [0.1, 0.15) is 12.4 Å². The van der Waals surface area contributed by atoms with Crippen LogP contribution >= 0.6 is 15.9 Å². The summed E-state index contributed by atoms with van der Waals surface area (Å²) in [6.07, 6.45) is 3.57. The molecule has 0 aliphatic rings. The van der Waals surface area contributed by atoms with Gasteiger partial charge in [0, 0.05) is 22.7 Å². The van der Waals surface area contributed by atoms with E-state index in [-0.39, 0.29) is 0 Å². The van der Waals surface area contributed by atoms with Crippen molar-refractivity contribution in [2.45, 2.75) is 13.3 Å². The van der Waals surface area contributed by atoms with E-state index in [1.54, 1.807) is 6.07 Å². The Labute approximate surface area is 121 Å². The third-order valence-electron chi connectivity index (χ3n) is 2.21. The van der Waals surface area contributed by atoms with Crippen LogP contribution in [0.1, 0.15) is 18.9 Å². The van der Waals surface area contributed by atoms with Crippen molar-refractivity contribution in [2.24, 2.45) is 0 Å². The summed E-state index contributed by atoms with van der Waals surface area (Å²) in [5.41, 5.74) is 0.715. The fraction of sp³-hybridized carbons (Fsp3) is 0.357. The quantitative estimate of drug-likeness (QED) is 0.587. The van der Waals surface area contributed by atoms with Crippen LogP contribution in [0.25, 0.3) is 6.08 Å². The second kappa shape index (κ2) is 8.72. The van der Waals surface area contributed by atoms with Crippen LogP contribution in [0.3, 0.4) is 0 Å². The van der Waals surface area contributed by atoms with Crippen LogP contribution in [0.2, 0.25) is 0 Å². The number of aliphatic carboxylic acids is 1. The first-order valence-corrected chi connectivity index (χ1v) is 6.84. The third-order valence-corrected chi connectivity index (χ3v) is 2.70. The molecule has 1 N–H and O–H groups in total. The molecular formula is C14H17BrO4. The molecule has 1 aromatic rings. The Hall–Kier alpha value is -1.33. The zero-order chi connectivity index (χ0) is 14.1. The van der Waals surface area contributed by atoms with Crippen LogP contribution in [0.4, 0.5) is 0 Å². The summed E-state index contributed by atoms with van der Waals surface area (Å²) in [6.45, 7) is 3.72. The molecule has 104 valence electrons. The number of carboxylic acid groups (broad SMARTS) is 1. The normalized spacial score (nSPS) is 10.8. The number of hydrogen-bond acceptors (Lipinski definition) is 3. The van der Waals surface area contributed by atoms with Crippen molar-refractivity contribution in [2.75, 3.05) is 19.8 Å². The average molecular weight is 329 g/mol. The zero-order valence-electron chi connectivity index (χ0n) is 10.8. The van der Waals surface area contributed by atoms with Gasteiger partial charge >= 0.3 is 5.97 Å². The number of carboxylic acids is 1. The Morgan fingerprint density at radius 1 is 1.37 bits per heavy atom. The molecule has 0 aliphatic carbocycles. The van der Waals surface area contributed by atoms with Crippen LogP contribution in [0.5, 0.6) is 5.75 Å². The van der Waals surface area contributed by atoms with Crippen molar-refractivity contribution in [1.29, 1.82) is 0 Å². The van der Waals surface area contributed by atoms with E-state index in [0.717, 1.165) is 23.6 Å². The van der Waals surface area contributed by atoms with Gasteiger partial charge in [-0.3, -0.25) is 0 Å². The lowest BCUT2D eigenvalue weighted by molar-refractivity contribution is -0.131. The molecule has 0 aliphatic heterocycles. The second-order valence-electron chi connectivity index (χ2n) is 3.81. The maximum Gasteiger partial charge on any atom is 0.328 e. The summed E-state index contributed by atoms with van der Waals surface area (Å²) in [5.74, 6) is -0.349. The number of ether oxygens (including phenoxy) is 2. The Balaban J connectivity index is 2.63. The Bertz CT molecular complexity index is 443. The highest BCUT2D eigenvalue weighted by molar-refractivity contribution is 9.10. The summed E-state index contributed by atoms with van der Waals surface area (Å²) in [4.78, 5) is 10.5. The topological polar surface area (TPSA) is 55.8 Å². The van der Waals surface area contributed by atoms with Gasteiger partial charge in [-0.2, -0.15) is 0 Å². The lowest BCUT2D eigenvalue weighted by atomic mass is 10.2. The number of hydrogen-bond donors (Lipinski definition) is 1. The van der Waals surface area contributed by atoms with Gasteiger partial charge in [0.05, 0.1) is 6.61 Å². The largest absolute Gasteiger partial charge is 0.491 e. The summed E-state index contributed by atoms with van der Waals surface area (Å²) in [5, 5.41) is 8.65. The SMILES string of the molecule is CCCOCCOc1ccc(Br)cc1/C=C/C(=O)O. The molecule has 5 heteroatoms. The van der Waals surface area contributed by atoms with Crippen molar-refractivity contribution in [3.63, 3.8) is 0 Å². The Morgan fingerprint density at radius 2 is 2.16 bits per heavy atom. The van der Waals surface area contributed by atoms with Crippen LogP contribution < -0.4 is 4.74 Å². The fourth-order valence-corrected chi connectivity index (χ4v) is 1.78. The molecule has 0 heterocycles. The lowest BCUT2D eigenvalue weighted by Crippen LogP contribution is -2.07. The van der Waals surface area contributed by atoms with Crippen LogP contribution in [-0.4, -0.2) is 30.9 Å². The molecule has 0 unspecified atom stereocenters. The second-order valence-corrected chi connectivity index (χ2v) is 4.73. The van der Waals surface area contributed by atoms with Gasteiger partial charge in [-0.1, -0.05) is 22.9 Å². The van der Waals surface area contributed by atoms with Gasteiger partial charge in [-0.05, 0) is 30.7 Å². The number of halogens is 1. The highest BCUT2D eigenvalue weighted by Crippen LogP contribution is 2.24. The molecular weight excluding hydrogens is 312 g/mol. The predicted molar refractivity (Wildman–Crippen MR) is 77.4 cm³/mol. The number of rotatable bonds is 8. The molecule has 19 heavy (non-hydrogen) atoms. The van der Waals surface area contributed by atoms with Crippen molar-refractivity contribution < 1.29 is 19.4 Å². The van der Waals surface area contributed by atoms with Gasteiger partial charge in [0.15, 0.2) is 0 Å². The smallest absolute Gasteiger partial charge is 0.328 e. The molecule has 1 rings (SSSR count). The first-order valence-electron chi connectivity index (χ1n) is 6.04. The number of benzene rings is 1. The van der Waals surface area contributed by atoms with Gasteiger partial charge in [0.25, 0.3) is 0 Å². The molecule has 0 radical (unpaired) electrons. The van der Waals surface area contributed by atoms with E-state index in [9.17, 15) is 4.79 Å². The predicted octanol–water partition coefficient (Wildman–Crippen LogP) is 3.35. The van der Waals surface area contributed by atoms with E-state index < -0.39 is 5.97 Å². The molecule has 0 fully saturated rings. The molecule has 0 saturated heterocycles. The maximum absolute atomic E-state index is 10.5. The minimum atomic E-state index is -0.989. The van der Waals surface area contributed by atoms with Crippen LogP contribution in [0.15, 0.2) is 28.7 Å². The summed E-state index contributed by atoms with van der Waals surface area (Å²) < 4.78 is 11.8. The van der Waals surface area contributed by atoms with Crippen molar-refractivity contribution in [3.8, 4) is 5.75 Å². The maximum atomic E-state index is 10.5. The molecule has 0 spiro atoms. The highest BCUT2D eigenvalue weighted by atomic mass is 79.9. The average Bonchev–Trinajstić information content (AvgIpc) is 2.38. The fourth-order valence-electron chi connectivity index (χ4n) is 1.40. The van der Waals surface area contributed by atoms with Crippen LogP contribution in [-0.2, 0) is 9.53 Å². The van der Waals surface area contributed by atoms with Gasteiger partial charge in [0.2, 0.25) is 0 Å². The minimum absolute atomic E-state index is 0.440. The summed E-state index contributed by atoms with van der Waals surface area (Å²) in [7, 11) is 0. The molecule has 0 saturated carbocycles. The highest BCUT2D eigenvalue weighted by Gasteiger charge is 2.02. The summed E-state index contributed by atoms with van der Waals surface area (Å²) >= 11 is 3.34. The zero-order valence-corrected chi connectivity index (χ0v) is 12.4. The van der Waals surface area contributed by atoms with Gasteiger partial charge in [-0.25, -0.2) is 4.79 Å². The van der Waals surface area contributed by atoms with E-state index in [4.69, 9.17) is 14.6 Å². The molecule has 0 amide bonds. The van der Waals surface area contributed by atoms with E-state index in [1.807, 2.05) is 19.1 Å². The van der Waals surface area contributed by atoms with Gasteiger partial charge in [-0.15, -0.1) is 0 Å². The van der Waals surface area contributed by atoms with Crippen LogP contribution in [0, 0.1) is 0 Å².